The van der Waals surface area contributed by atoms with E-state index in [1.54, 1.807) is 0 Å². The van der Waals surface area contributed by atoms with E-state index in [-0.39, 0.29) is 0 Å². The Morgan fingerprint density at radius 2 is 1.95 bits per heavy atom. The minimum Gasteiger partial charge on any atom is -0.480 e. The fourth-order valence-corrected chi connectivity index (χ4v) is 1.57. The van der Waals surface area contributed by atoms with Crippen molar-refractivity contribution < 1.29 is 14.7 Å². The highest BCUT2D eigenvalue weighted by Crippen LogP contribution is 1.98. The molecule has 0 aliphatic carbocycles. The van der Waals surface area contributed by atoms with Gasteiger partial charge in [-0.05, 0) is 24.9 Å². The molecular weight excluding hydrogens is 246 g/mol. The zero-order valence-electron chi connectivity index (χ0n) is 10.6. The summed E-state index contributed by atoms with van der Waals surface area (Å²) in [5.41, 5.74) is 6.27. The number of carboxylic acid groups (broad SMARTS) is 1. The van der Waals surface area contributed by atoms with E-state index in [1.165, 1.54) is 0 Å². The number of benzene rings is 1. The standard InChI is InChI=1S/C13H19N3O3/c14-8-4-7-11(12(17)18)16-13(19)15-9-10-5-2-1-3-6-10/h1-3,5-6,11H,4,7-9,14H2,(H,17,18)(H2,15,16,19)/t11-/m1/s1. The molecule has 1 aromatic carbocycles. The van der Waals surface area contributed by atoms with Crippen molar-refractivity contribution in [1.29, 1.82) is 0 Å². The lowest BCUT2D eigenvalue weighted by Gasteiger charge is -2.14. The second-order valence-corrected chi connectivity index (χ2v) is 4.13. The van der Waals surface area contributed by atoms with Crippen molar-refractivity contribution in [2.45, 2.75) is 25.4 Å². The zero-order chi connectivity index (χ0) is 14.1. The highest BCUT2D eigenvalue weighted by molar-refractivity contribution is 5.82. The molecule has 0 aromatic heterocycles. The molecule has 104 valence electrons. The van der Waals surface area contributed by atoms with Crippen molar-refractivity contribution in [3.63, 3.8) is 0 Å². The lowest BCUT2D eigenvalue weighted by Crippen LogP contribution is -2.45. The van der Waals surface area contributed by atoms with Crippen molar-refractivity contribution >= 4 is 12.0 Å². The van der Waals surface area contributed by atoms with Crippen LogP contribution in [0.3, 0.4) is 0 Å². The topological polar surface area (TPSA) is 104 Å². The van der Waals surface area contributed by atoms with Gasteiger partial charge in [0.2, 0.25) is 0 Å². The Hall–Kier alpha value is -2.08. The van der Waals surface area contributed by atoms with E-state index >= 15 is 0 Å². The van der Waals surface area contributed by atoms with Gasteiger partial charge >= 0.3 is 12.0 Å². The summed E-state index contributed by atoms with van der Waals surface area (Å²) >= 11 is 0. The number of amides is 2. The number of urea groups is 1. The summed E-state index contributed by atoms with van der Waals surface area (Å²) in [6.07, 6.45) is 0.876. The van der Waals surface area contributed by atoms with Crippen LogP contribution in [-0.2, 0) is 11.3 Å². The lowest BCUT2D eigenvalue weighted by molar-refractivity contribution is -0.139. The number of nitrogens with one attached hydrogen (secondary N) is 2. The predicted octanol–water partition coefficient (Wildman–Crippen LogP) is 0.678. The number of hydrogen-bond acceptors (Lipinski definition) is 3. The molecule has 1 rings (SSSR count). The van der Waals surface area contributed by atoms with Gasteiger partial charge in [-0.2, -0.15) is 0 Å². The van der Waals surface area contributed by atoms with E-state index in [0.717, 1.165) is 5.56 Å². The largest absolute Gasteiger partial charge is 0.480 e. The molecule has 19 heavy (non-hydrogen) atoms. The lowest BCUT2D eigenvalue weighted by atomic mass is 10.1. The van der Waals surface area contributed by atoms with Crippen molar-refractivity contribution in [2.75, 3.05) is 6.54 Å². The van der Waals surface area contributed by atoms with Crippen LogP contribution in [0.4, 0.5) is 4.79 Å². The van der Waals surface area contributed by atoms with Crippen molar-refractivity contribution in [2.24, 2.45) is 5.73 Å². The maximum absolute atomic E-state index is 11.6. The smallest absolute Gasteiger partial charge is 0.326 e. The molecule has 0 fully saturated rings. The van der Waals surface area contributed by atoms with Gasteiger partial charge < -0.3 is 21.5 Å². The number of aliphatic carboxylic acids is 1. The molecule has 0 radical (unpaired) electrons. The molecule has 2 amide bonds. The second-order valence-electron chi connectivity index (χ2n) is 4.13. The summed E-state index contributed by atoms with van der Waals surface area (Å²) in [4.78, 5) is 22.5. The van der Waals surface area contributed by atoms with E-state index in [2.05, 4.69) is 10.6 Å². The third kappa shape index (κ3) is 5.87. The summed E-state index contributed by atoms with van der Waals surface area (Å²) in [7, 11) is 0. The van der Waals surface area contributed by atoms with Crippen LogP contribution >= 0.6 is 0 Å². The van der Waals surface area contributed by atoms with Gasteiger partial charge in [0.05, 0.1) is 0 Å². The van der Waals surface area contributed by atoms with Crippen LogP contribution in [0.25, 0.3) is 0 Å². The zero-order valence-corrected chi connectivity index (χ0v) is 10.6. The molecule has 1 atom stereocenters. The molecule has 5 N–H and O–H groups in total. The van der Waals surface area contributed by atoms with Gasteiger partial charge in [0.25, 0.3) is 0 Å². The normalized spacial score (nSPS) is 11.6. The van der Waals surface area contributed by atoms with Gasteiger partial charge in [-0.25, -0.2) is 9.59 Å². The maximum atomic E-state index is 11.6. The monoisotopic (exact) mass is 265 g/mol. The Bertz CT molecular complexity index is 409. The average Bonchev–Trinajstić information content (AvgIpc) is 2.42. The number of carboxylic acids is 1. The van der Waals surface area contributed by atoms with Crippen molar-refractivity contribution in [3.8, 4) is 0 Å². The molecule has 0 aliphatic heterocycles. The van der Waals surface area contributed by atoms with Crippen molar-refractivity contribution in [1.82, 2.24) is 10.6 Å². The molecule has 0 aliphatic rings. The van der Waals surface area contributed by atoms with E-state index in [9.17, 15) is 9.59 Å². The molecule has 0 saturated carbocycles. The van der Waals surface area contributed by atoms with Gasteiger partial charge in [0, 0.05) is 6.54 Å². The highest BCUT2D eigenvalue weighted by atomic mass is 16.4. The first-order valence-corrected chi connectivity index (χ1v) is 6.14. The van der Waals surface area contributed by atoms with Crippen LogP contribution in [0, 0.1) is 0 Å². The molecule has 0 heterocycles. The van der Waals surface area contributed by atoms with Crippen LogP contribution in [0.15, 0.2) is 30.3 Å². The number of carbonyl (C=O) groups excluding carboxylic acids is 1. The minimum absolute atomic E-state index is 0.324. The molecule has 6 nitrogen and oxygen atoms in total. The third-order valence-electron chi connectivity index (χ3n) is 2.60. The second kappa shape index (κ2) is 8.10. The van der Waals surface area contributed by atoms with E-state index < -0.39 is 18.0 Å². The Labute approximate surface area is 112 Å². The van der Waals surface area contributed by atoms with Crippen LogP contribution < -0.4 is 16.4 Å². The predicted molar refractivity (Wildman–Crippen MR) is 71.5 cm³/mol. The molecule has 0 bridgehead atoms. The first-order chi connectivity index (χ1) is 9.13. The summed E-state index contributed by atoms with van der Waals surface area (Å²) in [6.45, 7) is 0.757. The fourth-order valence-electron chi connectivity index (χ4n) is 1.57. The van der Waals surface area contributed by atoms with Gasteiger partial charge in [-0.1, -0.05) is 30.3 Å². The Morgan fingerprint density at radius 1 is 1.26 bits per heavy atom. The van der Waals surface area contributed by atoms with Gasteiger partial charge in [-0.3, -0.25) is 0 Å². The third-order valence-corrected chi connectivity index (χ3v) is 2.60. The molecule has 0 unspecified atom stereocenters. The number of nitrogens with two attached hydrogens (primary N) is 1. The summed E-state index contributed by atoms with van der Waals surface area (Å²) in [5.74, 6) is -1.05. The minimum atomic E-state index is -1.05. The fraction of sp³-hybridized carbons (Fsp3) is 0.385. The van der Waals surface area contributed by atoms with Crippen LogP contribution in [0.5, 0.6) is 0 Å². The van der Waals surface area contributed by atoms with E-state index in [0.29, 0.717) is 25.9 Å². The first kappa shape index (κ1) is 15.0. The number of rotatable bonds is 7. The number of hydrogen-bond donors (Lipinski definition) is 4. The summed E-state index contributed by atoms with van der Waals surface area (Å²) in [6, 6.07) is 7.99. The molecule has 0 saturated heterocycles. The van der Waals surface area contributed by atoms with E-state index in [1.807, 2.05) is 30.3 Å². The number of carbonyl (C=O) groups is 2. The highest BCUT2D eigenvalue weighted by Gasteiger charge is 2.18. The van der Waals surface area contributed by atoms with Crippen molar-refractivity contribution in [3.05, 3.63) is 35.9 Å². The average molecular weight is 265 g/mol. The van der Waals surface area contributed by atoms with Crippen LogP contribution in [0.1, 0.15) is 18.4 Å². The summed E-state index contributed by atoms with van der Waals surface area (Å²) in [5, 5.41) is 14.0. The first-order valence-electron chi connectivity index (χ1n) is 6.14. The molecule has 1 aromatic rings. The van der Waals surface area contributed by atoms with Gasteiger partial charge in [0.15, 0.2) is 0 Å². The van der Waals surface area contributed by atoms with Crippen LogP contribution in [0.2, 0.25) is 0 Å². The SMILES string of the molecule is NCCC[C@@H](NC(=O)NCc1ccccc1)C(=O)O. The van der Waals surface area contributed by atoms with E-state index in [4.69, 9.17) is 10.8 Å². The Morgan fingerprint density at radius 3 is 2.53 bits per heavy atom. The maximum Gasteiger partial charge on any atom is 0.326 e. The summed E-state index contributed by atoms with van der Waals surface area (Å²) < 4.78 is 0. The van der Waals surface area contributed by atoms with Gasteiger partial charge in [-0.15, -0.1) is 0 Å². The van der Waals surface area contributed by atoms with Gasteiger partial charge in [0.1, 0.15) is 6.04 Å². The quantitative estimate of drug-likeness (QED) is 0.581. The molecule has 0 spiro atoms. The molecule has 6 heteroatoms. The Balaban J connectivity index is 2.38. The van der Waals surface area contributed by atoms with Crippen LogP contribution in [-0.4, -0.2) is 29.7 Å². The Kier molecular flexibility index (Phi) is 6.38. The molecular formula is C13H19N3O3.